The Hall–Kier alpha value is -0.860. The van der Waals surface area contributed by atoms with Gasteiger partial charge in [0.05, 0.1) is 13.2 Å². The van der Waals surface area contributed by atoms with E-state index in [0.717, 1.165) is 26.1 Å². The fourth-order valence-corrected chi connectivity index (χ4v) is 2.97. The lowest BCUT2D eigenvalue weighted by Gasteiger charge is -2.07. The minimum absolute atomic E-state index is 0.641. The molecule has 2 rings (SSSR count). The van der Waals surface area contributed by atoms with Crippen LogP contribution in [0.1, 0.15) is 42.4 Å². The quantitative estimate of drug-likeness (QED) is 0.675. The van der Waals surface area contributed by atoms with Crippen molar-refractivity contribution in [2.45, 2.75) is 39.0 Å². The normalized spacial score (nSPS) is 15.2. The summed E-state index contributed by atoms with van der Waals surface area (Å²) in [6, 6.07) is 4.49. The highest BCUT2D eigenvalue weighted by Gasteiger charge is 2.04. The third kappa shape index (κ3) is 4.11. The molecular formula is C16H22OS. The number of hydrogen-bond acceptors (Lipinski definition) is 2. The van der Waals surface area contributed by atoms with Gasteiger partial charge in [0.25, 0.3) is 0 Å². The average Bonchev–Trinajstić information content (AvgIpc) is 2.85. The van der Waals surface area contributed by atoms with Gasteiger partial charge in [-0.25, -0.2) is 0 Å². The van der Waals surface area contributed by atoms with E-state index in [1.165, 1.54) is 21.7 Å². The van der Waals surface area contributed by atoms with E-state index in [1.54, 1.807) is 0 Å². The van der Waals surface area contributed by atoms with E-state index in [9.17, 15) is 0 Å². The molecule has 0 atom stereocenters. The molecular weight excluding hydrogens is 240 g/mol. The molecule has 0 spiro atoms. The van der Waals surface area contributed by atoms with Crippen LogP contribution in [0.15, 0.2) is 35.9 Å². The van der Waals surface area contributed by atoms with Crippen molar-refractivity contribution < 1.29 is 4.74 Å². The van der Waals surface area contributed by atoms with Gasteiger partial charge in [-0.1, -0.05) is 32.1 Å². The first kappa shape index (κ1) is 13.6. The summed E-state index contributed by atoms with van der Waals surface area (Å²) in [6.45, 7) is 6.07. The monoisotopic (exact) mass is 262 g/mol. The van der Waals surface area contributed by atoms with Crippen LogP contribution < -0.4 is 0 Å². The van der Waals surface area contributed by atoms with E-state index < -0.39 is 0 Å². The molecule has 1 nitrogen and oxygen atoms in total. The Balaban J connectivity index is 1.68. The van der Waals surface area contributed by atoms with Crippen molar-refractivity contribution in [3.63, 3.8) is 0 Å². The third-order valence-electron chi connectivity index (χ3n) is 3.08. The van der Waals surface area contributed by atoms with Gasteiger partial charge >= 0.3 is 0 Å². The fraction of sp³-hybridized carbons (Fsp3) is 0.500. The summed E-state index contributed by atoms with van der Waals surface area (Å²) in [5.74, 6) is 0.641. The standard InChI is InChI=1S/C16H22OS/c1-13(2)16-9-8-15(18-16)10-11-17-12-14-6-4-3-5-7-14/h4,6-9,13H,3,5,10-12H2,1-2H3. The van der Waals surface area contributed by atoms with Crippen LogP contribution in [0.2, 0.25) is 0 Å². The molecule has 1 aromatic heterocycles. The van der Waals surface area contributed by atoms with Gasteiger partial charge in [0.1, 0.15) is 0 Å². The van der Waals surface area contributed by atoms with Crippen LogP contribution in [0, 0.1) is 0 Å². The second kappa shape index (κ2) is 6.91. The molecule has 0 bridgehead atoms. The highest BCUT2D eigenvalue weighted by atomic mass is 32.1. The highest BCUT2D eigenvalue weighted by molar-refractivity contribution is 7.12. The molecule has 0 aromatic carbocycles. The molecule has 0 aliphatic heterocycles. The van der Waals surface area contributed by atoms with Gasteiger partial charge in [0.2, 0.25) is 0 Å². The molecule has 0 N–H and O–H groups in total. The van der Waals surface area contributed by atoms with Crippen molar-refractivity contribution in [2.75, 3.05) is 13.2 Å². The van der Waals surface area contributed by atoms with Crippen LogP contribution in [-0.4, -0.2) is 13.2 Å². The van der Waals surface area contributed by atoms with Gasteiger partial charge in [-0.3, -0.25) is 0 Å². The van der Waals surface area contributed by atoms with Crippen LogP contribution in [0.5, 0.6) is 0 Å². The summed E-state index contributed by atoms with van der Waals surface area (Å²) in [5, 5.41) is 0. The van der Waals surface area contributed by atoms with Crippen molar-refractivity contribution in [3.05, 3.63) is 45.7 Å². The first-order valence-electron chi connectivity index (χ1n) is 6.77. The first-order chi connectivity index (χ1) is 8.75. The number of thiophene rings is 1. The molecule has 1 aliphatic carbocycles. The van der Waals surface area contributed by atoms with Crippen LogP contribution in [0.25, 0.3) is 0 Å². The molecule has 98 valence electrons. The van der Waals surface area contributed by atoms with E-state index >= 15 is 0 Å². The van der Waals surface area contributed by atoms with E-state index in [4.69, 9.17) is 4.74 Å². The van der Waals surface area contributed by atoms with Crippen molar-refractivity contribution in [1.82, 2.24) is 0 Å². The lowest BCUT2D eigenvalue weighted by Crippen LogP contribution is -2.01. The second-order valence-electron chi connectivity index (χ2n) is 5.02. The molecule has 0 amide bonds. The van der Waals surface area contributed by atoms with Crippen molar-refractivity contribution in [3.8, 4) is 0 Å². The average molecular weight is 262 g/mol. The zero-order valence-corrected chi connectivity index (χ0v) is 12.1. The molecule has 2 heteroatoms. The zero-order valence-electron chi connectivity index (χ0n) is 11.3. The molecule has 18 heavy (non-hydrogen) atoms. The Labute approximate surface area is 114 Å². The smallest absolute Gasteiger partial charge is 0.0713 e. The maximum absolute atomic E-state index is 5.73. The molecule has 0 fully saturated rings. The largest absolute Gasteiger partial charge is 0.376 e. The Morgan fingerprint density at radius 2 is 2.17 bits per heavy atom. The topological polar surface area (TPSA) is 9.23 Å². The van der Waals surface area contributed by atoms with E-state index in [0.29, 0.717) is 5.92 Å². The van der Waals surface area contributed by atoms with Crippen LogP contribution in [0.3, 0.4) is 0 Å². The second-order valence-corrected chi connectivity index (χ2v) is 6.22. The summed E-state index contributed by atoms with van der Waals surface area (Å²) in [6.07, 6.45) is 10.1. The molecule has 1 aromatic rings. The molecule has 0 radical (unpaired) electrons. The maximum atomic E-state index is 5.73. The summed E-state index contributed by atoms with van der Waals surface area (Å²) in [4.78, 5) is 2.91. The molecule has 0 saturated heterocycles. The van der Waals surface area contributed by atoms with E-state index in [-0.39, 0.29) is 0 Å². The predicted molar refractivity (Wildman–Crippen MR) is 79.4 cm³/mol. The van der Waals surface area contributed by atoms with Crippen LogP contribution in [0.4, 0.5) is 0 Å². The van der Waals surface area contributed by atoms with Gasteiger partial charge in [-0.2, -0.15) is 0 Å². The maximum Gasteiger partial charge on any atom is 0.0713 e. The van der Waals surface area contributed by atoms with Gasteiger partial charge in [-0.15, -0.1) is 11.3 Å². The van der Waals surface area contributed by atoms with Crippen molar-refractivity contribution in [2.24, 2.45) is 0 Å². The van der Waals surface area contributed by atoms with Gasteiger partial charge in [-0.05, 0) is 36.5 Å². The highest BCUT2D eigenvalue weighted by Crippen LogP contribution is 2.24. The summed E-state index contributed by atoms with van der Waals surface area (Å²) in [5.41, 5.74) is 1.33. The first-order valence-corrected chi connectivity index (χ1v) is 7.59. The minimum Gasteiger partial charge on any atom is -0.376 e. The number of hydrogen-bond donors (Lipinski definition) is 0. The van der Waals surface area contributed by atoms with E-state index in [1.807, 2.05) is 11.3 Å². The lowest BCUT2D eigenvalue weighted by atomic mass is 10.1. The molecule has 0 saturated carbocycles. The Bertz CT molecular complexity index is 426. The van der Waals surface area contributed by atoms with Crippen LogP contribution >= 0.6 is 11.3 Å². The van der Waals surface area contributed by atoms with Crippen molar-refractivity contribution in [1.29, 1.82) is 0 Å². The fourth-order valence-electron chi connectivity index (χ4n) is 1.98. The predicted octanol–water partition coefficient (Wildman–Crippen LogP) is 4.71. The summed E-state index contributed by atoms with van der Waals surface area (Å²) < 4.78 is 5.73. The lowest BCUT2D eigenvalue weighted by molar-refractivity contribution is 0.161. The number of allylic oxidation sites excluding steroid dienone is 2. The van der Waals surface area contributed by atoms with Gasteiger partial charge < -0.3 is 4.74 Å². The molecule has 1 aliphatic rings. The van der Waals surface area contributed by atoms with Gasteiger partial charge in [0.15, 0.2) is 0 Å². The Morgan fingerprint density at radius 3 is 2.83 bits per heavy atom. The SMILES string of the molecule is CC(C)c1ccc(CCOCC2=CCCC=C2)s1. The Kier molecular flexibility index (Phi) is 5.21. The van der Waals surface area contributed by atoms with E-state index in [2.05, 4.69) is 44.2 Å². The number of ether oxygens (including phenoxy) is 1. The third-order valence-corrected chi connectivity index (χ3v) is 4.53. The number of rotatable bonds is 6. The van der Waals surface area contributed by atoms with Crippen LogP contribution in [-0.2, 0) is 11.2 Å². The Morgan fingerprint density at radius 1 is 1.28 bits per heavy atom. The molecule has 0 unspecified atom stereocenters. The summed E-state index contributed by atoms with van der Waals surface area (Å²) >= 11 is 1.92. The minimum atomic E-state index is 0.641. The zero-order chi connectivity index (χ0) is 12.8. The molecule has 1 heterocycles. The summed E-state index contributed by atoms with van der Waals surface area (Å²) in [7, 11) is 0. The van der Waals surface area contributed by atoms with Crippen molar-refractivity contribution >= 4 is 11.3 Å². The van der Waals surface area contributed by atoms with Gasteiger partial charge in [0, 0.05) is 16.2 Å².